The molecule has 3 fully saturated rings. The van der Waals surface area contributed by atoms with Gasteiger partial charge in [0.05, 0.1) is 7.11 Å². The lowest BCUT2D eigenvalue weighted by Crippen LogP contribution is -2.69. The fraction of sp³-hybridized carbons (Fsp3) is 0.818. The number of fused-ring (bicyclic) bond motifs is 3. The molecule has 0 saturated heterocycles. The van der Waals surface area contributed by atoms with Crippen LogP contribution in [0.2, 0.25) is 0 Å². The SMILES string of the molecule is COC(=O)C12CCC(C(=O)O)(CC1(F)F)C(F)(F)C2. The van der Waals surface area contributed by atoms with Crippen LogP contribution in [0, 0.1) is 10.8 Å². The number of carbonyl (C=O) groups is 2. The third kappa shape index (κ3) is 1.45. The fourth-order valence-corrected chi connectivity index (χ4v) is 3.18. The Hall–Kier alpha value is -1.34. The van der Waals surface area contributed by atoms with E-state index in [4.69, 9.17) is 5.11 Å². The Bertz CT molecular complexity index is 450. The summed E-state index contributed by atoms with van der Waals surface area (Å²) < 4.78 is 60.3. The van der Waals surface area contributed by atoms with Gasteiger partial charge in [-0.2, -0.15) is 0 Å². The summed E-state index contributed by atoms with van der Waals surface area (Å²) >= 11 is 0. The molecule has 4 nitrogen and oxygen atoms in total. The Balaban J connectivity index is 2.56. The maximum absolute atomic E-state index is 14.0. The van der Waals surface area contributed by atoms with Crippen LogP contribution in [0.4, 0.5) is 17.6 Å². The van der Waals surface area contributed by atoms with Gasteiger partial charge in [0, 0.05) is 12.8 Å². The summed E-state index contributed by atoms with van der Waals surface area (Å²) in [6.07, 6.45) is -4.32. The molecule has 8 heteroatoms. The zero-order valence-corrected chi connectivity index (χ0v) is 10.0. The monoisotopic (exact) mass is 284 g/mol. The molecule has 2 bridgehead atoms. The number of hydrogen-bond donors (Lipinski definition) is 1. The fourth-order valence-electron chi connectivity index (χ4n) is 3.18. The molecule has 108 valence electrons. The van der Waals surface area contributed by atoms with Crippen molar-refractivity contribution in [2.24, 2.45) is 10.8 Å². The van der Waals surface area contributed by atoms with Crippen molar-refractivity contribution in [3.05, 3.63) is 0 Å². The number of carbonyl (C=O) groups excluding carboxylic acids is 1. The summed E-state index contributed by atoms with van der Waals surface area (Å²) in [5, 5.41) is 8.93. The molecule has 0 aromatic carbocycles. The van der Waals surface area contributed by atoms with Crippen molar-refractivity contribution in [3.8, 4) is 0 Å². The van der Waals surface area contributed by atoms with Crippen LogP contribution >= 0.6 is 0 Å². The number of carboxylic acids is 1. The summed E-state index contributed by atoms with van der Waals surface area (Å²) in [4.78, 5) is 22.6. The highest BCUT2D eigenvalue weighted by molar-refractivity contribution is 5.83. The van der Waals surface area contributed by atoms with Crippen LogP contribution < -0.4 is 0 Å². The summed E-state index contributed by atoms with van der Waals surface area (Å²) in [5.41, 5.74) is -5.42. The van der Waals surface area contributed by atoms with Gasteiger partial charge in [-0.15, -0.1) is 0 Å². The van der Waals surface area contributed by atoms with Gasteiger partial charge in [0.1, 0.15) is 10.8 Å². The quantitative estimate of drug-likeness (QED) is 0.623. The van der Waals surface area contributed by atoms with Gasteiger partial charge in [0.2, 0.25) is 0 Å². The summed E-state index contributed by atoms with van der Waals surface area (Å²) in [6, 6.07) is 0. The van der Waals surface area contributed by atoms with Crippen molar-refractivity contribution in [2.45, 2.75) is 37.5 Å². The van der Waals surface area contributed by atoms with Crippen molar-refractivity contribution in [2.75, 3.05) is 7.11 Å². The predicted octanol–water partition coefficient (Wildman–Crippen LogP) is 2.07. The second-order valence-electron chi connectivity index (χ2n) is 5.22. The first-order chi connectivity index (χ1) is 8.55. The van der Waals surface area contributed by atoms with Gasteiger partial charge >= 0.3 is 11.9 Å². The second-order valence-corrected chi connectivity index (χ2v) is 5.22. The number of ether oxygens (including phenoxy) is 1. The Kier molecular flexibility index (Phi) is 2.67. The van der Waals surface area contributed by atoms with Gasteiger partial charge in [0.15, 0.2) is 0 Å². The third-order valence-electron chi connectivity index (χ3n) is 4.41. The van der Waals surface area contributed by atoms with E-state index in [0.29, 0.717) is 0 Å². The van der Waals surface area contributed by atoms with E-state index in [1.807, 2.05) is 0 Å². The van der Waals surface area contributed by atoms with E-state index in [1.165, 1.54) is 0 Å². The molecule has 0 spiro atoms. The summed E-state index contributed by atoms with van der Waals surface area (Å²) in [5.74, 6) is -11.0. The second kappa shape index (κ2) is 3.61. The average molecular weight is 284 g/mol. The normalized spacial score (nSPS) is 38.8. The Morgan fingerprint density at radius 3 is 1.79 bits per heavy atom. The van der Waals surface area contributed by atoms with E-state index < -0.39 is 60.3 Å². The number of aliphatic carboxylic acids is 1. The van der Waals surface area contributed by atoms with Crippen LogP contribution in [0.3, 0.4) is 0 Å². The first-order valence-corrected chi connectivity index (χ1v) is 5.62. The van der Waals surface area contributed by atoms with E-state index in [-0.39, 0.29) is 0 Å². The standard InChI is InChI=1S/C11H12F4O4/c1-19-7(18)9-3-2-8(6(16)17,4-11(9,14)15)10(12,13)5-9/h2-5H2,1H3,(H,16,17). The lowest BCUT2D eigenvalue weighted by atomic mass is 9.50. The highest BCUT2D eigenvalue weighted by Gasteiger charge is 2.80. The summed E-state index contributed by atoms with van der Waals surface area (Å²) in [6.45, 7) is 0. The number of esters is 1. The molecule has 3 aliphatic carbocycles. The first kappa shape index (κ1) is 14.1. The number of carboxylic acid groups (broad SMARTS) is 1. The molecule has 0 aromatic rings. The smallest absolute Gasteiger partial charge is 0.318 e. The molecule has 2 atom stereocenters. The van der Waals surface area contributed by atoms with Crippen LogP contribution in [0.5, 0.6) is 0 Å². The molecular formula is C11H12F4O4. The molecular weight excluding hydrogens is 272 g/mol. The Morgan fingerprint density at radius 2 is 1.42 bits per heavy atom. The van der Waals surface area contributed by atoms with Gasteiger partial charge in [-0.25, -0.2) is 17.6 Å². The molecule has 3 rings (SSSR count). The van der Waals surface area contributed by atoms with Gasteiger partial charge < -0.3 is 9.84 Å². The van der Waals surface area contributed by atoms with Crippen LogP contribution in [-0.2, 0) is 14.3 Å². The lowest BCUT2D eigenvalue weighted by molar-refractivity contribution is -0.301. The maximum atomic E-state index is 14.0. The average Bonchev–Trinajstić information content (AvgIpc) is 2.28. The largest absolute Gasteiger partial charge is 0.481 e. The predicted molar refractivity (Wildman–Crippen MR) is 52.9 cm³/mol. The topological polar surface area (TPSA) is 63.6 Å². The third-order valence-corrected chi connectivity index (χ3v) is 4.41. The number of hydrogen-bond acceptors (Lipinski definition) is 3. The molecule has 19 heavy (non-hydrogen) atoms. The zero-order valence-electron chi connectivity index (χ0n) is 10.0. The number of alkyl halides is 4. The molecule has 2 unspecified atom stereocenters. The van der Waals surface area contributed by atoms with Crippen molar-refractivity contribution in [1.82, 2.24) is 0 Å². The van der Waals surface area contributed by atoms with Gasteiger partial charge in [-0.05, 0) is 12.8 Å². The Morgan fingerprint density at radius 1 is 1.00 bits per heavy atom. The number of methoxy groups -OCH3 is 1. The van der Waals surface area contributed by atoms with Crippen molar-refractivity contribution in [1.29, 1.82) is 0 Å². The van der Waals surface area contributed by atoms with E-state index in [0.717, 1.165) is 7.11 Å². The lowest BCUT2D eigenvalue weighted by Gasteiger charge is -2.56. The maximum Gasteiger partial charge on any atom is 0.318 e. The van der Waals surface area contributed by atoms with Crippen LogP contribution in [0.15, 0.2) is 0 Å². The van der Waals surface area contributed by atoms with Gasteiger partial charge in [0.25, 0.3) is 11.8 Å². The zero-order chi connectivity index (χ0) is 14.7. The van der Waals surface area contributed by atoms with Crippen LogP contribution in [-0.4, -0.2) is 36.0 Å². The van der Waals surface area contributed by atoms with Crippen molar-refractivity contribution in [3.63, 3.8) is 0 Å². The van der Waals surface area contributed by atoms with Gasteiger partial charge in [-0.3, -0.25) is 9.59 Å². The number of halogens is 4. The highest BCUT2D eigenvalue weighted by atomic mass is 19.3. The molecule has 0 aromatic heterocycles. The van der Waals surface area contributed by atoms with E-state index in [1.54, 1.807) is 0 Å². The minimum Gasteiger partial charge on any atom is -0.481 e. The van der Waals surface area contributed by atoms with E-state index in [2.05, 4.69) is 4.74 Å². The van der Waals surface area contributed by atoms with Crippen molar-refractivity contribution < 1.29 is 37.0 Å². The molecule has 0 aliphatic heterocycles. The molecule has 0 radical (unpaired) electrons. The highest BCUT2D eigenvalue weighted by Crippen LogP contribution is 2.69. The molecule has 1 N–H and O–H groups in total. The molecule has 0 amide bonds. The minimum atomic E-state index is -3.87. The number of rotatable bonds is 2. The minimum absolute atomic E-state index is 0.617. The van der Waals surface area contributed by atoms with Crippen molar-refractivity contribution >= 4 is 11.9 Å². The molecule has 3 saturated carbocycles. The van der Waals surface area contributed by atoms with E-state index >= 15 is 0 Å². The van der Waals surface area contributed by atoms with Crippen LogP contribution in [0.1, 0.15) is 25.7 Å². The van der Waals surface area contributed by atoms with E-state index in [9.17, 15) is 27.2 Å². The summed E-state index contributed by atoms with van der Waals surface area (Å²) in [7, 11) is 0.846. The molecule has 3 aliphatic rings. The van der Waals surface area contributed by atoms with Crippen LogP contribution in [0.25, 0.3) is 0 Å². The molecule has 0 heterocycles. The Labute approximate surface area is 105 Å². The van der Waals surface area contributed by atoms with Gasteiger partial charge in [-0.1, -0.05) is 0 Å². The first-order valence-electron chi connectivity index (χ1n) is 5.62.